The standard InChI is InChI=1S/C13H15NO3/c1-9(15)10-2-6-12(7-3-10)17-8-13(16)14-11-4-5-11/h2-3,6-7,11H,4-5,8H2,1H3,(H,14,16). The van der Waals surface area contributed by atoms with Crippen LogP contribution in [0.4, 0.5) is 0 Å². The van der Waals surface area contributed by atoms with E-state index in [1.165, 1.54) is 6.92 Å². The Hall–Kier alpha value is -1.84. The molecule has 1 aliphatic rings. The van der Waals surface area contributed by atoms with Gasteiger partial charge in [0.05, 0.1) is 0 Å². The maximum absolute atomic E-state index is 11.4. The molecule has 17 heavy (non-hydrogen) atoms. The molecule has 1 aliphatic carbocycles. The molecule has 90 valence electrons. The predicted octanol–water partition coefficient (Wildman–Crippen LogP) is 1.55. The van der Waals surface area contributed by atoms with Crippen LogP contribution in [0.2, 0.25) is 0 Å². The van der Waals surface area contributed by atoms with E-state index in [1.54, 1.807) is 24.3 Å². The summed E-state index contributed by atoms with van der Waals surface area (Å²) in [4.78, 5) is 22.4. The normalized spacial score (nSPS) is 14.2. The molecule has 1 aromatic carbocycles. The Morgan fingerprint density at radius 3 is 2.47 bits per heavy atom. The van der Waals surface area contributed by atoms with E-state index < -0.39 is 0 Å². The van der Waals surface area contributed by atoms with Crippen LogP contribution in [0.3, 0.4) is 0 Å². The maximum atomic E-state index is 11.4. The topological polar surface area (TPSA) is 55.4 Å². The Kier molecular flexibility index (Phi) is 3.42. The predicted molar refractivity (Wildman–Crippen MR) is 63.1 cm³/mol. The van der Waals surface area contributed by atoms with E-state index in [9.17, 15) is 9.59 Å². The highest BCUT2D eigenvalue weighted by molar-refractivity contribution is 5.94. The molecule has 0 bridgehead atoms. The molecular formula is C13H15NO3. The minimum atomic E-state index is -0.0943. The van der Waals surface area contributed by atoms with Crippen molar-refractivity contribution in [2.45, 2.75) is 25.8 Å². The minimum Gasteiger partial charge on any atom is -0.484 e. The van der Waals surface area contributed by atoms with Crippen LogP contribution in [0.5, 0.6) is 5.75 Å². The second kappa shape index (κ2) is 4.99. The number of nitrogens with one attached hydrogen (secondary N) is 1. The molecule has 4 heteroatoms. The average molecular weight is 233 g/mol. The van der Waals surface area contributed by atoms with Crippen LogP contribution in [0.1, 0.15) is 30.1 Å². The van der Waals surface area contributed by atoms with E-state index in [0.29, 0.717) is 17.4 Å². The summed E-state index contributed by atoms with van der Waals surface area (Å²) in [6.45, 7) is 1.54. The Morgan fingerprint density at radius 2 is 1.94 bits per heavy atom. The number of rotatable bonds is 5. The fourth-order valence-electron chi connectivity index (χ4n) is 1.43. The summed E-state index contributed by atoms with van der Waals surface area (Å²) < 4.78 is 5.31. The van der Waals surface area contributed by atoms with Gasteiger partial charge in [-0.1, -0.05) is 0 Å². The Bertz CT molecular complexity index is 421. The van der Waals surface area contributed by atoms with E-state index >= 15 is 0 Å². The molecule has 1 amide bonds. The number of amides is 1. The summed E-state index contributed by atoms with van der Waals surface area (Å²) in [5.41, 5.74) is 0.639. The van der Waals surface area contributed by atoms with Crippen LogP contribution in [-0.4, -0.2) is 24.3 Å². The molecular weight excluding hydrogens is 218 g/mol. The summed E-state index contributed by atoms with van der Waals surface area (Å²) >= 11 is 0. The highest BCUT2D eigenvalue weighted by Gasteiger charge is 2.23. The van der Waals surface area contributed by atoms with Crippen molar-refractivity contribution in [3.63, 3.8) is 0 Å². The molecule has 1 aromatic rings. The zero-order chi connectivity index (χ0) is 12.3. The van der Waals surface area contributed by atoms with E-state index in [1.807, 2.05) is 0 Å². The lowest BCUT2D eigenvalue weighted by atomic mass is 10.1. The molecule has 2 rings (SSSR count). The van der Waals surface area contributed by atoms with Crippen LogP contribution < -0.4 is 10.1 Å². The second-order valence-corrected chi connectivity index (χ2v) is 4.21. The molecule has 0 spiro atoms. The molecule has 0 aliphatic heterocycles. The van der Waals surface area contributed by atoms with Crippen LogP contribution in [0.15, 0.2) is 24.3 Å². The van der Waals surface area contributed by atoms with Gasteiger partial charge in [-0.15, -0.1) is 0 Å². The molecule has 0 aromatic heterocycles. The molecule has 0 saturated heterocycles. The molecule has 0 unspecified atom stereocenters. The summed E-state index contributed by atoms with van der Waals surface area (Å²) in [5.74, 6) is 0.520. The largest absolute Gasteiger partial charge is 0.484 e. The van der Waals surface area contributed by atoms with Crippen molar-refractivity contribution in [1.29, 1.82) is 0 Å². The number of ether oxygens (including phenoxy) is 1. The van der Waals surface area contributed by atoms with Gasteiger partial charge in [0.25, 0.3) is 5.91 Å². The van der Waals surface area contributed by atoms with Crippen molar-refractivity contribution in [3.8, 4) is 5.75 Å². The minimum absolute atomic E-state index is 0.0167. The van der Waals surface area contributed by atoms with Gasteiger partial charge < -0.3 is 10.1 Å². The van der Waals surface area contributed by atoms with E-state index in [0.717, 1.165) is 12.8 Å². The summed E-state index contributed by atoms with van der Waals surface area (Å²) in [7, 11) is 0. The van der Waals surface area contributed by atoms with Crippen molar-refractivity contribution < 1.29 is 14.3 Å². The Balaban J connectivity index is 1.81. The average Bonchev–Trinajstić information content (AvgIpc) is 3.11. The molecule has 1 fully saturated rings. The fraction of sp³-hybridized carbons (Fsp3) is 0.385. The number of carbonyl (C=O) groups is 2. The van der Waals surface area contributed by atoms with Crippen LogP contribution in [0, 0.1) is 0 Å². The first kappa shape index (κ1) is 11.6. The third kappa shape index (κ3) is 3.59. The zero-order valence-corrected chi connectivity index (χ0v) is 9.73. The quantitative estimate of drug-likeness (QED) is 0.785. The molecule has 1 saturated carbocycles. The van der Waals surface area contributed by atoms with Gasteiger partial charge in [-0.05, 0) is 44.0 Å². The molecule has 0 atom stereocenters. The molecule has 1 N–H and O–H groups in total. The van der Waals surface area contributed by atoms with Crippen molar-refractivity contribution >= 4 is 11.7 Å². The molecule has 0 radical (unpaired) electrons. The van der Waals surface area contributed by atoms with Crippen molar-refractivity contribution in [1.82, 2.24) is 5.32 Å². The van der Waals surface area contributed by atoms with Gasteiger partial charge in [-0.25, -0.2) is 0 Å². The van der Waals surface area contributed by atoms with Gasteiger partial charge in [0.2, 0.25) is 0 Å². The third-order valence-electron chi connectivity index (χ3n) is 2.57. The second-order valence-electron chi connectivity index (χ2n) is 4.21. The summed E-state index contributed by atoms with van der Waals surface area (Å²) in [5, 5.41) is 2.84. The lowest BCUT2D eigenvalue weighted by molar-refractivity contribution is -0.123. The van der Waals surface area contributed by atoms with Gasteiger partial charge in [0, 0.05) is 11.6 Å². The van der Waals surface area contributed by atoms with Gasteiger partial charge in [0.15, 0.2) is 12.4 Å². The summed E-state index contributed by atoms with van der Waals surface area (Å²) in [6.07, 6.45) is 2.14. The van der Waals surface area contributed by atoms with E-state index in [-0.39, 0.29) is 18.3 Å². The van der Waals surface area contributed by atoms with Crippen LogP contribution in [0.25, 0.3) is 0 Å². The first-order valence-electron chi connectivity index (χ1n) is 5.68. The first-order chi connectivity index (χ1) is 8.15. The maximum Gasteiger partial charge on any atom is 0.258 e. The zero-order valence-electron chi connectivity index (χ0n) is 9.73. The monoisotopic (exact) mass is 233 g/mol. The Labute approximate surface area is 100.0 Å². The SMILES string of the molecule is CC(=O)c1ccc(OCC(=O)NC2CC2)cc1. The molecule has 0 heterocycles. The fourth-order valence-corrected chi connectivity index (χ4v) is 1.43. The number of carbonyl (C=O) groups excluding carboxylic acids is 2. The van der Waals surface area contributed by atoms with Gasteiger partial charge >= 0.3 is 0 Å². The van der Waals surface area contributed by atoms with Gasteiger partial charge in [-0.3, -0.25) is 9.59 Å². The molecule has 4 nitrogen and oxygen atoms in total. The number of hydrogen-bond donors (Lipinski definition) is 1. The highest BCUT2D eigenvalue weighted by atomic mass is 16.5. The highest BCUT2D eigenvalue weighted by Crippen LogP contribution is 2.18. The number of Topliss-reactive ketones (excluding diaryl/α,β-unsaturated/α-hetero) is 1. The number of benzene rings is 1. The third-order valence-corrected chi connectivity index (χ3v) is 2.57. The number of hydrogen-bond acceptors (Lipinski definition) is 3. The lowest BCUT2D eigenvalue weighted by Crippen LogP contribution is -2.30. The van der Waals surface area contributed by atoms with Crippen molar-refractivity contribution in [3.05, 3.63) is 29.8 Å². The van der Waals surface area contributed by atoms with Gasteiger partial charge in [-0.2, -0.15) is 0 Å². The van der Waals surface area contributed by atoms with Crippen LogP contribution >= 0.6 is 0 Å². The van der Waals surface area contributed by atoms with E-state index in [4.69, 9.17) is 4.74 Å². The Morgan fingerprint density at radius 1 is 1.29 bits per heavy atom. The first-order valence-corrected chi connectivity index (χ1v) is 5.68. The number of ketones is 1. The van der Waals surface area contributed by atoms with E-state index in [2.05, 4.69) is 5.32 Å². The van der Waals surface area contributed by atoms with Crippen molar-refractivity contribution in [2.75, 3.05) is 6.61 Å². The van der Waals surface area contributed by atoms with Gasteiger partial charge in [0.1, 0.15) is 5.75 Å². The van der Waals surface area contributed by atoms with Crippen molar-refractivity contribution in [2.24, 2.45) is 0 Å². The summed E-state index contributed by atoms with van der Waals surface area (Å²) in [6, 6.07) is 7.13. The lowest BCUT2D eigenvalue weighted by Gasteiger charge is -2.06. The smallest absolute Gasteiger partial charge is 0.258 e. The van der Waals surface area contributed by atoms with Crippen LogP contribution in [-0.2, 0) is 4.79 Å².